The Morgan fingerprint density at radius 1 is 1.29 bits per heavy atom. The van der Waals surface area contributed by atoms with Crippen LogP contribution in [0, 0.1) is 3.57 Å². The van der Waals surface area contributed by atoms with Gasteiger partial charge in [0.1, 0.15) is 0 Å². The van der Waals surface area contributed by atoms with E-state index in [1.54, 1.807) is 18.3 Å². The van der Waals surface area contributed by atoms with Gasteiger partial charge in [0.25, 0.3) is 5.91 Å². The molecule has 86 valence electrons. The van der Waals surface area contributed by atoms with E-state index < -0.39 is 0 Å². The van der Waals surface area contributed by atoms with E-state index in [-0.39, 0.29) is 5.91 Å². The van der Waals surface area contributed by atoms with Crippen molar-refractivity contribution in [2.24, 2.45) is 0 Å². The molecule has 0 aliphatic heterocycles. The molecule has 0 fully saturated rings. The number of amides is 1. The largest absolute Gasteiger partial charge is 0.346 e. The van der Waals surface area contributed by atoms with Crippen LogP contribution in [-0.4, -0.2) is 16.1 Å². The van der Waals surface area contributed by atoms with E-state index in [1.165, 1.54) is 0 Å². The molecule has 0 saturated carbocycles. The highest BCUT2D eigenvalue weighted by molar-refractivity contribution is 14.1. The molecule has 0 bridgehead atoms. The fraction of sp³-hybridized carbons (Fsp3) is 0.0833. The number of rotatable bonds is 3. The van der Waals surface area contributed by atoms with Crippen molar-refractivity contribution < 1.29 is 4.79 Å². The highest BCUT2D eigenvalue weighted by Crippen LogP contribution is 2.07. The summed E-state index contributed by atoms with van der Waals surface area (Å²) in [5.74, 6) is -0.103. The van der Waals surface area contributed by atoms with Crippen LogP contribution in [0.25, 0.3) is 0 Å². The Morgan fingerprint density at radius 2 is 2.18 bits per heavy atom. The monoisotopic (exact) mass is 339 g/mol. The zero-order chi connectivity index (χ0) is 12.1. The smallest absolute Gasteiger partial charge is 0.251 e. The van der Waals surface area contributed by atoms with Crippen molar-refractivity contribution in [2.75, 3.05) is 0 Å². The fourth-order valence-electron chi connectivity index (χ4n) is 1.33. The van der Waals surface area contributed by atoms with Crippen molar-refractivity contribution in [1.29, 1.82) is 0 Å². The summed E-state index contributed by atoms with van der Waals surface area (Å²) >= 11 is 2.18. The molecule has 1 amide bonds. The fourth-order valence-corrected chi connectivity index (χ4v) is 1.87. The summed E-state index contributed by atoms with van der Waals surface area (Å²) in [7, 11) is 0. The molecule has 0 atom stereocenters. The zero-order valence-corrected chi connectivity index (χ0v) is 11.1. The summed E-state index contributed by atoms with van der Waals surface area (Å²) in [6, 6.07) is 11.0. The highest BCUT2D eigenvalue weighted by atomic mass is 127. The minimum atomic E-state index is -0.103. The Bertz CT molecular complexity index is 516. The van der Waals surface area contributed by atoms with Crippen LogP contribution in [-0.2, 0) is 6.54 Å². The molecule has 17 heavy (non-hydrogen) atoms. The van der Waals surface area contributed by atoms with Crippen molar-refractivity contribution in [2.45, 2.75) is 6.54 Å². The molecule has 2 rings (SSSR count). The molecule has 1 aromatic carbocycles. The van der Waals surface area contributed by atoms with Gasteiger partial charge in [0.2, 0.25) is 0 Å². The molecule has 0 aliphatic rings. The second-order valence-corrected chi connectivity index (χ2v) is 4.65. The lowest BCUT2D eigenvalue weighted by atomic mass is 10.2. The molecule has 1 aromatic heterocycles. The first-order valence-electron chi connectivity index (χ1n) is 5.06. The van der Waals surface area contributed by atoms with Crippen LogP contribution in [0.4, 0.5) is 0 Å². The Labute approximate surface area is 113 Å². The number of hydrogen-bond donors (Lipinski definition) is 1. The van der Waals surface area contributed by atoms with Crippen molar-refractivity contribution in [3.8, 4) is 0 Å². The molecule has 0 unspecified atom stereocenters. The van der Waals surface area contributed by atoms with Gasteiger partial charge in [-0.15, -0.1) is 0 Å². The van der Waals surface area contributed by atoms with E-state index in [2.05, 4.69) is 38.1 Å². The number of nitrogens with one attached hydrogen (secondary N) is 1. The number of carbonyl (C=O) groups is 1. The number of nitrogens with zero attached hydrogens (tertiary/aromatic N) is 2. The maximum atomic E-state index is 11.8. The zero-order valence-electron chi connectivity index (χ0n) is 8.93. The van der Waals surface area contributed by atoms with Gasteiger partial charge in [0.05, 0.1) is 12.2 Å². The van der Waals surface area contributed by atoms with Gasteiger partial charge < -0.3 is 5.32 Å². The normalized spacial score (nSPS) is 9.94. The second kappa shape index (κ2) is 5.72. The van der Waals surface area contributed by atoms with Gasteiger partial charge >= 0.3 is 0 Å². The first-order chi connectivity index (χ1) is 8.25. The van der Waals surface area contributed by atoms with E-state index in [0.29, 0.717) is 12.1 Å². The SMILES string of the molecule is O=C(NCc1cccnn1)c1cccc(I)c1. The van der Waals surface area contributed by atoms with Crippen LogP contribution in [0.3, 0.4) is 0 Å². The lowest BCUT2D eigenvalue weighted by Gasteiger charge is -2.04. The molecule has 4 nitrogen and oxygen atoms in total. The molecule has 5 heteroatoms. The molecule has 1 heterocycles. The van der Waals surface area contributed by atoms with Crippen molar-refractivity contribution in [1.82, 2.24) is 15.5 Å². The molecule has 0 saturated heterocycles. The van der Waals surface area contributed by atoms with Gasteiger partial charge in [-0.1, -0.05) is 6.07 Å². The summed E-state index contributed by atoms with van der Waals surface area (Å²) in [5.41, 5.74) is 1.40. The van der Waals surface area contributed by atoms with Gasteiger partial charge in [0, 0.05) is 15.3 Å². The third-order valence-electron chi connectivity index (χ3n) is 2.14. The lowest BCUT2D eigenvalue weighted by molar-refractivity contribution is 0.0950. The third-order valence-corrected chi connectivity index (χ3v) is 2.82. The average molecular weight is 339 g/mol. The first-order valence-corrected chi connectivity index (χ1v) is 6.14. The third kappa shape index (κ3) is 3.48. The van der Waals surface area contributed by atoms with Crippen molar-refractivity contribution in [3.63, 3.8) is 0 Å². The van der Waals surface area contributed by atoms with Crippen LogP contribution in [0.5, 0.6) is 0 Å². The number of halogens is 1. The maximum Gasteiger partial charge on any atom is 0.251 e. The lowest BCUT2D eigenvalue weighted by Crippen LogP contribution is -2.23. The van der Waals surface area contributed by atoms with E-state index in [0.717, 1.165) is 9.26 Å². The summed E-state index contributed by atoms with van der Waals surface area (Å²) in [6.45, 7) is 0.387. The Kier molecular flexibility index (Phi) is 4.03. The Hall–Kier alpha value is -1.50. The molecule has 1 N–H and O–H groups in total. The Morgan fingerprint density at radius 3 is 2.88 bits per heavy atom. The van der Waals surface area contributed by atoms with Crippen LogP contribution in [0.15, 0.2) is 42.6 Å². The molecular weight excluding hydrogens is 329 g/mol. The van der Waals surface area contributed by atoms with Crippen LogP contribution < -0.4 is 5.32 Å². The van der Waals surface area contributed by atoms with Crippen molar-refractivity contribution >= 4 is 28.5 Å². The standard InChI is InChI=1S/C12H10IN3O/c13-10-4-1-3-9(7-10)12(17)14-8-11-5-2-6-15-16-11/h1-7H,8H2,(H,14,17). The van der Waals surface area contributed by atoms with E-state index in [1.807, 2.05) is 24.3 Å². The van der Waals surface area contributed by atoms with Gasteiger partial charge in [-0.05, 0) is 52.9 Å². The maximum absolute atomic E-state index is 11.8. The predicted molar refractivity (Wildman–Crippen MR) is 72.4 cm³/mol. The first kappa shape index (κ1) is 12.0. The van der Waals surface area contributed by atoms with Crippen LogP contribution >= 0.6 is 22.6 Å². The van der Waals surface area contributed by atoms with E-state index in [9.17, 15) is 4.79 Å². The minimum Gasteiger partial charge on any atom is -0.346 e. The summed E-state index contributed by atoms with van der Waals surface area (Å²) in [6.07, 6.45) is 1.60. The topological polar surface area (TPSA) is 54.9 Å². The minimum absolute atomic E-state index is 0.103. The summed E-state index contributed by atoms with van der Waals surface area (Å²) < 4.78 is 1.04. The van der Waals surface area contributed by atoms with Crippen molar-refractivity contribution in [3.05, 3.63) is 57.4 Å². The van der Waals surface area contributed by atoms with Gasteiger partial charge in [-0.25, -0.2) is 0 Å². The summed E-state index contributed by atoms with van der Waals surface area (Å²) in [5, 5.41) is 10.4. The Balaban J connectivity index is 1.98. The molecule has 2 aromatic rings. The number of aromatic nitrogens is 2. The van der Waals surface area contributed by atoms with E-state index >= 15 is 0 Å². The van der Waals surface area contributed by atoms with Crippen LogP contribution in [0.2, 0.25) is 0 Å². The molecular formula is C12H10IN3O. The number of carbonyl (C=O) groups excluding carboxylic acids is 1. The predicted octanol–water partition coefficient (Wildman–Crippen LogP) is 2.01. The number of benzene rings is 1. The molecule has 0 aliphatic carbocycles. The number of hydrogen-bond acceptors (Lipinski definition) is 3. The molecule has 0 radical (unpaired) electrons. The second-order valence-electron chi connectivity index (χ2n) is 3.41. The van der Waals surface area contributed by atoms with Gasteiger partial charge in [-0.2, -0.15) is 10.2 Å². The average Bonchev–Trinajstić information content (AvgIpc) is 2.37. The quantitative estimate of drug-likeness (QED) is 0.871. The summed E-state index contributed by atoms with van der Waals surface area (Å²) in [4.78, 5) is 11.8. The van der Waals surface area contributed by atoms with Gasteiger partial charge in [-0.3, -0.25) is 4.79 Å². The van der Waals surface area contributed by atoms with Crippen LogP contribution in [0.1, 0.15) is 16.1 Å². The van der Waals surface area contributed by atoms with Gasteiger partial charge in [0.15, 0.2) is 0 Å². The molecule has 0 spiro atoms. The highest BCUT2D eigenvalue weighted by Gasteiger charge is 2.05. The van der Waals surface area contributed by atoms with E-state index in [4.69, 9.17) is 0 Å².